The molecule has 2 rings (SSSR count). The lowest BCUT2D eigenvalue weighted by Gasteiger charge is -2.08. The monoisotopic (exact) mass is 289 g/mol. The second-order valence-corrected chi connectivity index (χ2v) is 7.15. The number of rotatable bonds is 4. The Bertz CT molecular complexity index is 529. The summed E-state index contributed by atoms with van der Waals surface area (Å²) in [5.74, 6) is -0.0293. The predicted molar refractivity (Wildman–Crippen MR) is 67.9 cm³/mol. The van der Waals surface area contributed by atoms with Crippen LogP contribution in [0.3, 0.4) is 0 Å². The van der Waals surface area contributed by atoms with Crippen molar-refractivity contribution in [2.75, 3.05) is 6.61 Å². The average Bonchev–Trinajstić information content (AvgIpc) is 2.96. The summed E-state index contributed by atoms with van der Waals surface area (Å²) in [7, 11) is -3.74. The van der Waals surface area contributed by atoms with Crippen LogP contribution in [0.15, 0.2) is 15.7 Å². The molecule has 5 nitrogen and oxygen atoms in total. The minimum absolute atomic E-state index is 0.0182. The second kappa shape index (κ2) is 5.38. The summed E-state index contributed by atoms with van der Waals surface area (Å²) < 4.78 is 27.3. The fourth-order valence-electron chi connectivity index (χ4n) is 2.03. The minimum atomic E-state index is -3.74. The van der Waals surface area contributed by atoms with Gasteiger partial charge < -0.3 is 4.74 Å². The second-order valence-electron chi connectivity index (χ2n) is 4.45. The van der Waals surface area contributed by atoms with Gasteiger partial charge in [0, 0.05) is 5.38 Å². The molecule has 1 fully saturated rings. The van der Waals surface area contributed by atoms with Crippen molar-refractivity contribution >= 4 is 27.3 Å². The van der Waals surface area contributed by atoms with Crippen LogP contribution in [0.25, 0.3) is 0 Å². The summed E-state index contributed by atoms with van der Waals surface area (Å²) >= 11 is 0.929. The molecule has 100 valence electrons. The first kappa shape index (κ1) is 13.5. The first-order valence-corrected chi connectivity index (χ1v) is 8.18. The first-order valence-electron chi connectivity index (χ1n) is 5.75. The van der Waals surface area contributed by atoms with E-state index in [-0.39, 0.29) is 9.77 Å². The molecule has 0 bridgehead atoms. The van der Waals surface area contributed by atoms with Crippen molar-refractivity contribution in [1.82, 2.24) is 0 Å². The van der Waals surface area contributed by atoms with E-state index >= 15 is 0 Å². The lowest BCUT2D eigenvalue weighted by molar-refractivity contribution is 0.0443. The van der Waals surface area contributed by atoms with Crippen LogP contribution in [0.5, 0.6) is 0 Å². The molecular formula is C11H15NO4S2. The van der Waals surface area contributed by atoms with Crippen molar-refractivity contribution < 1.29 is 17.9 Å². The predicted octanol–water partition coefficient (Wildman–Crippen LogP) is 1.74. The summed E-state index contributed by atoms with van der Waals surface area (Å²) in [6.07, 6.45) is 4.57. The Morgan fingerprint density at radius 2 is 2.11 bits per heavy atom. The van der Waals surface area contributed by atoms with Gasteiger partial charge in [-0.25, -0.2) is 18.4 Å². The number of nitrogens with two attached hydrogens (primary N) is 1. The Hall–Kier alpha value is -0.920. The van der Waals surface area contributed by atoms with E-state index in [1.165, 1.54) is 24.3 Å². The third-order valence-electron chi connectivity index (χ3n) is 3.02. The van der Waals surface area contributed by atoms with Gasteiger partial charge in [0.25, 0.3) is 0 Å². The normalized spacial score (nSPS) is 16.9. The Labute approximate surface area is 110 Å². The molecular weight excluding hydrogens is 274 g/mol. The van der Waals surface area contributed by atoms with Crippen molar-refractivity contribution in [3.8, 4) is 0 Å². The molecule has 7 heteroatoms. The van der Waals surface area contributed by atoms with Gasteiger partial charge >= 0.3 is 5.97 Å². The number of hydrogen-bond donors (Lipinski definition) is 1. The average molecular weight is 289 g/mol. The van der Waals surface area contributed by atoms with Crippen LogP contribution in [-0.2, 0) is 14.8 Å². The molecule has 1 aliphatic carbocycles. The fraction of sp³-hybridized carbons (Fsp3) is 0.545. The van der Waals surface area contributed by atoms with Gasteiger partial charge in [-0.2, -0.15) is 0 Å². The van der Waals surface area contributed by atoms with Crippen molar-refractivity contribution in [2.24, 2.45) is 11.1 Å². The number of primary sulfonamides is 1. The third kappa shape index (κ3) is 3.30. The van der Waals surface area contributed by atoms with E-state index < -0.39 is 16.0 Å². The molecule has 1 aliphatic rings. The van der Waals surface area contributed by atoms with Gasteiger partial charge in [-0.15, -0.1) is 11.3 Å². The van der Waals surface area contributed by atoms with Gasteiger partial charge in [-0.05, 0) is 24.8 Å². The molecule has 0 radical (unpaired) electrons. The van der Waals surface area contributed by atoms with E-state index in [0.717, 1.165) is 24.2 Å². The van der Waals surface area contributed by atoms with Crippen molar-refractivity contribution in [2.45, 2.75) is 29.9 Å². The largest absolute Gasteiger partial charge is 0.462 e. The quantitative estimate of drug-likeness (QED) is 0.855. The van der Waals surface area contributed by atoms with Gasteiger partial charge in [0.2, 0.25) is 10.0 Å². The van der Waals surface area contributed by atoms with E-state index in [4.69, 9.17) is 9.88 Å². The molecule has 1 saturated carbocycles. The molecule has 0 atom stereocenters. The Morgan fingerprint density at radius 1 is 1.44 bits per heavy atom. The summed E-state index contributed by atoms with van der Waals surface area (Å²) in [6, 6.07) is 1.26. The zero-order chi connectivity index (χ0) is 13.2. The van der Waals surface area contributed by atoms with E-state index in [0.29, 0.717) is 12.5 Å². The zero-order valence-corrected chi connectivity index (χ0v) is 11.4. The molecule has 0 aromatic carbocycles. The van der Waals surface area contributed by atoms with E-state index in [2.05, 4.69) is 0 Å². The molecule has 1 aromatic heterocycles. The fourth-order valence-corrected chi connectivity index (χ4v) is 3.60. The minimum Gasteiger partial charge on any atom is -0.462 e. The Kier molecular flexibility index (Phi) is 4.04. The van der Waals surface area contributed by atoms with E-state index in [1.54, 1.807) is 0 Å². The smallest absolute Gasteiger partial charge is 0.339 e. The summed E-state index contributed by atoms with van der Waals surface area (Å²) in [5, 5.41) is 6.43. The lowest BCUT2D eigenvalue weighted by Crippen LogP contribution is -2.12. The first-order chi connectivity index (χ1) is 8.47. The number of hydrogen-bond acceptors (Lipinski definition) is 5. The maximum atomic E-state index is 11.7. The standard InChI is InChI=1S/C11H15NO4S2/c12-18(14,15)10-5-9(7-17-10)11(13)16-6-8-3-1-2-4-8/h5,7-8H,1-4,6H2,(H2,12,14,15). The highest BCUT2D eigenvalue weighted by atomic mass is 32.2. The highest BCUT2D eigenvalue weighted by molar-refractivity contribution is 7.91. The van der Waals surface area contributed by atoms with Gasteiger partial charge in [0.15, 0.2) is 0 Å². The Morgan fingerprint density at radius 3 is 2.67 bits per heavy atom. The van der Waals surface area contributed by atoms with Crippen LogP contribution in [-0.4, -0.2) is 21.0 Å². The molecule has 18 heavy (non-hydrogen) atoms. The Balaban J connectivity index is 1.94. The SMILES string of the molecule is NS(=O)(=O)c1cc(C(=O)OCC2CCCC2)cs1. The zero-order valence-electron chi connectivity index (χ0n) is 9.79. The summed E-state index contributed by atoms with van der Waals surface area (Å²) in [5.41, 5.74) is 0.252. The van der Waals surface area contributed by atoms with E-state index in [9.17, 15) is 13.2 Å². The van der Waals surface area contributed by atoms with Gasteiger partial charge in [-0.3, -0.25) is 0 Å². The van der Waals surface area contributed by atoms with Crippen molar-refractivity contribution in [1.29, 1.82) is 0 Å². The van der Waals surface area contributed by atoms with Crippen LogP contribution in [0.2, 0.25) is 0 Å². The van der Waals surface area contributed by atoms with Crippen LogP contribution in [0.4, 0.5) is 0 Å². The van der Waals surface area contributed by atoms with Gasteiger partial charge in [-0.1, -0.05) is 12.8 Å². The summed E-state index contributed by atoms with van der Waals surface area (Å²) in [4.78, 5) is 11.7. The van der Waals surface area contributed by atoms with Crippen LogP contribution in [0, 0.1) is 5.92 Å². The molecule has 0 saturated heterocycles. The molecule has 0 spiro atoms. The number of carbonyl (C=O) groups excluding carboxylic acids is 1. The maximum absolute atomic E-state index is 11.7. The van der Waals surface area contributed by atoms with Crippen molar-refractivity contribution in [3.63, 3.8) is 0 Å². The molecule has 2 N–H and O–H groups in total. The molecule has 0 unspecified atom stereocenters. The maximum Gasteiger partial charge on any atom is 0.339 e. The van der Waals surface area contributed by atoms with Crippen LogP contribution in [0.1, 0.15) is 36.0 Å². The number of thiophene rings is 1. The van der Waals surface area contributed by atoms with Gasteiger partial charge in [0.1, 0.15) is 4.21 Å². The number of esters is 1. The topological polar surface area (TPSA) is 86.5 Å². The highest BCUT2D eigenvalue weighted by Crippen LogP contribution is 2.25. The number of ether oxygens (including phenoxy) is 1. The highest BCUT2D eigenvalue weighted by Gasteiger charge is 2.19. The molecule has 0 aliphatic heterocycles. The van der Waals surface area contributed by atoms with Crippen molar-refractivity contribution in [3.05, 3.63) is 17.0 Å². The van der Waals surface area contributed by atoms with E-state index in [1.807, 2.05) is 0 Å². The molecule has 1 heterocycles. The lowest BCUT2D eigenvalue weighted by atomic mass is 10.1. The number of sulfonamides is 1. The van der Waals surface area contributed by atoms with Crippen LogP contribution >= 0.6 is 11.3 Å². The van der Waals surface area contributed by atoms with Crippen LogP contribution < -0.4 is 5.14 Å². The van der Waals surface area contributed by atoms with Gasteiger partial charge in [0.05, 0.1) is 12.2 Å². The molecule has 1 aromatic rings. The summed E-state index contributed by atoms with van der Waals surface area (Å²) in [6.45, 7) is 0.416. The number of carbonyl (C=O) groups is 1. The third-order valence-corrected chi connectivity index (χ3v) is 5.40. The molecule has 0 amide bonds.